The highest BCUT2D eigenvalue weighted by Gasteiger charge is 2.62. The molecule has 0 bridgehead atoms. The largest absolute Gasteiger partial charge is 0.673 e. The fourth-order valence-corrected chi connectivity index (χ4v) is 7.19. The summed E-state index contributed by atoms with van der Waals surface area (Å²) < 4.78 is 69.3. The molecule has 0 aliphatic carbocycles. The van der Waals surface area contributed by atoms with Crippen LogP contribution in [0.4, 0.5) is 26.0 Å². The van der Waals surface area contributed by atoms with Gasteiger partial charge in [0, 0.05) is 6.92 Å². The van der Waals surface area contributed by atoms with Gasteiger partial charge in [0.2, 0.25) is 0 Å². The number of benzene rings is 3. The van der Waals surface area contributed by atoms with Crippen molar-refractivity contribution in [3.63, 3.8) is 0 Å². The Labute approximate surface area is 160 Å². The topological polar surface area (TPSA) is 0 Å². The van der Waals surface area contributed by atoms with E-state index in [2.05, 4.69) is 0 Å². The van der Waals surface area contributed by atoms with E-state index in [-0.39, 0.29) is 0 Å². The van der Waals surface area contributed by atoms with Crippen molar-refractivity contribution < 1.29 is 26.0 Å². The minimum atomic E-state index is -6.00. The van der Waals surface area contributed by atoms with Crippen molar-refractivity contribution >= 4 is 30.4 Å². The van der Waals surface area contributed by atoms with E-state index in [0.29, 0.717) is 15.9 Å². The SMILES string of the molecule is CC(F)(F)[P+](c1ccccc1)(c1ccccc1)c1ccccc1.F[B-](F)(F)F. The van der Waals surface area contributed by atoms with Crippen LogP contribution < -0.4 is 15.9 Å². The summed E-state index contributed by atoms with van der Waals surface area (Å²) in [4.78, 5) is 0. The molecule has 0 atom stereocenters. The minimum absolute atomic E-state index is 0.699. The molecule has 3 aromatic carbocycles. The van der Waals surface area contributed by atoms with Gasteiger partial charge in [0.1, 0.15) is 15.9 Å². The fraction of sp³-hybridized carbons (Fsp3) is 0.100. The zero-order chi connectivity index (χ0) is 20.8. The first kappa shape index (κ1) is 22.0. The summed E-state index contributed by atoms with van der Waals surface area (Å²) in [5.41, 5.74) is -2.86. The van der Waals surface area contributed by atoms with Gasteiger partial charge in [-0.2, -0.15) is 8.78 Å². The summed E-state index contributed by atoms with van der Waals surface area (Å²) in [7, 11) is -9.07. The van der Waals surface area contributed by atoms with Crippen LogP contribution in [0.15, 0.2) is 91.0 Å². The van der Waals surface area contributed by atoms with Crippen molar-refractivity contribution in [2.75, 3.05) is 0 Å². The van der Waals surface area contributed by atoms with Gasteiger partial charge in [-0.3, -0.25) is 0 Å². The Morgan fingerprint density at radius 2 is 0.786 bits per heavy atom. The molecule has 0 N–H and O–H groups in total. The number of rotatable bonds is 4. The minimum Gasteiger partial charge on any atom is -0.418 e. The molecule has 28 heavy (non-hydrogen) atoms. The summed E-state index contributed by atoms with van der Waals surface area (Å²) in [6, 6.07) is 27.5. The van der Waals surface area contributed by atoms with E-state index in [1.54, 1.807) is 0 Å². The van der Waals surface area contributed by atoms with Gasteiger partial charge in [-0.25, -0.2) is 0 Å². The molecule has 0 nitrogen and oxygen atoms in total. The number of alkyl halides is 2. The fourth-order valence-electron chi connectivity index (χ4n) is 3.08. The maximum Gasteiger partial charge on any atom is 0.673 e. The Balaban J connectivity index is 0.000000500. The molecule has 3 aromatic rings. The predicted octanol–water partition coefficient (Wildman–Crippen LogP) is 5.89. The lowest BCUT2D eigenvalue weighted by molar-refractivity contribution is 0.121. The summed E-state index contributed by atoms with van der Waals surface area (Å²) in [5.74, 6) is 0. The molecule has 0 spiro atoms. The van der Waals surface area contributed by atoms with Gasteiger partial charge in [0.25, 0.3) is 0 Å². The average Bonchev–Trinajstić information content (AvgIpc) is 2.63. The van der Waals surface area contributed by atoms with Crippen LogP contribution in [0.2, 0.25) is 0 Å². The molecule has 0 unspecified atom stereocenters. The third kappa shape index (κ3) is 5.17. The highest BCUT2D eigenvalue weighted by molar-refractivity contribution is 7.96. The smallest absolute Gasteiger partial charge is 0.418 e. The van der Waals surface area contributed by atoms with Crippen LogP contribution >= 0.6 is 7.26 Å². The maximum atomic E-state index is 15.1. The molecule has 0 heterocycles. The molecule has 0 aromatic heterocycles. The van der Waals surface area contributed by atoms with E-state index in [9.17, 15) is 17.3 Å². The third-order valence-electron chi connectivity index (χ3n) is 4.02. The molecule has 148 valence electrons. The zero-order valence-corrected chi connectivity index (χ0v) is 15.8. The van der Waals surface area contributed by atoms with Crippen molar-refractivity contribution in [2.24, 2.45) is 0 Å². The number of halogens is 6. The van der Waals surface area contributed by atoms with Gasteiger partial charge in [0.05, 0.1) is 0 Å². The van der Waals surface area contributed by atoms with E-state index in [0.717, 1.165) is 6.92 Å². The van der Waals surface area contributed by atoms with Gasteiger partial charge < -0.3 is 17.3 Å². The molecule has 0 radical (unpaired) electrons. The average molecular weight is 414 g/mol. The highest BCUT2D eigenvalue weighted by atomic mass is 31.2. The van der Waals surface area contributed by atoms with Crippen LogP contribution in [0.3, 0.4) is 0 Å². The second kappa shape index (κ2) is 8.83. The molecule has 8 heteroatoms. The van der Waals surface area contributed by atoms with E-state index in [1.165, 1.54) is 0 Å². The first-order chi connectivity index (χ1) is 13.1. The first-order valence-corrected chi connectivity index (χ1v) is 10.2. The normalized spacial score (nSPS) is 12.1. The molecule has 0 aliphatic rings. The molecular weight excluding hydrogens is 396 g/mol. The second-order valence-corrected chi connectivity index (χ2v) is 9.69. The van der Waals surface area contributed by atoms with E-state index in [4.69, 9.17) is 0 Å². The Hall–Kier alpha value is -2.27. The molecule has 0 aliphatic heterocycles. The van der Waals surface area contributed by atoms with Crippen molar-refractivity contribution in [3.8, 4) is 0 Å². The predicted molar refractivity (Wildman–Crippen MR) is 106 cm³/mol. The van der Waals surface area contributed by atoms with Crippen molar-refractivity contribution in [2.45, 2.75) is 12.6 Å². The molecular formula is C20H18BF6P. The summed E-state index contributed by atoms with van der Waals surface area (Å²) in [6.45, 7) is 1.05. The summed E-state index contributed by atoms with van der Waals surface area (Å²) >= 11 is 0. The number of hydrogen-bond acceptors (Lipinski definition) is 0. The molecule has 0 fully saturated rings. The van der Waals surface area contributed by atoms with Crippen molar-refractivity contribution in [1.29, 1.82) is 0 Å². The van der Waals surface area contributed by atoms with Crippen LogP contribution in [-0.4, -0.2) is 12.9 Å². The summed E-state index contributed by atoms with van der Waals surface area (Å²) in [6.07, 6.45) is 0. The van der Waals surface area contributed by atoms with Gasteiger partial charge in [0.15, 0.2) is 7.26 Å². The Kier molecular flexibility index (Phi) is 6.94. The van der Waals surface area contributed by atoms with Gasteiger partial charge >= 0.3 is 12.9 Å². The molecule has 0 amide bonds. The zero-order valence-electron chi connectivity index (χ0n) is 15.0. The quantitative estimate of drug-likeness (QED) is 0.284. The lowest BCUT2D eigenvalue weighted by Gasteiger charge is -2.31. The maximum absolute atomic E-state index is 15.1. The van der Waals surface area contributed by atoms with Crippen LogP contribution in [0.25, 0.3) is 0 Å². The highest BCUT2D eigenvalue weighted by Crippen LogP contribution is 2.67. The van der Waals surface area contributed by atoms with Crippen molar-refractivity contribution in [1.82, 2.24) is 0 Å². The monoisotopic (exact) mass is 414 g/mol. The van der Waals surface area contributed by atoms with Crippen LogP contribution in [-0.2, 0) is 0 Å². The third-order valence-corrected chi connectivity index (χ3v) is 8.42. The molecule has 0 saturated heterocycles. The Morgan fingerprint density at radius 1 is 0.571 bits per heavy atom. The summed E-state index contributed by atoms with van der Waals surface area (Å²) in [5, 5.41) is 2.10. The Bertz CT molecular complexity index is 746. The van der Waals surface area contributed by atoms with Crippen LogP contribution in [0, 0.1) is 0 Å². The molecule has 3 rings (SSSR count). The van der Waals surface area contributed by atoms with Gasteiger partial charge in [-0.1, -0.05) is 54.6 Å². The Morgan fingerprint density at radius 3 is 0.964 bits per heavy atom. The van der Waals surface area contributed by atoms with E-state index in [1.807, 2.05) is 91.0 Å². The van der Waals surface area contributed by atoms with E-state index >= 15 is 8.78 Å². The van der Waals surface area contributed by atoms with Gasteiger partial charge in [-0.05, 0) is 36.4 Å². The lowest BCUT2D eigenvalue weighted by Crippen LogP contribution is -2.41. The first-order valence-electron chi connectivity index (χ1n) is 8.38. The lowest BCUT2D eigenvalue weighted by atomic mass is 10.3. The second-order valence-electron chi connectivity index (χ2n) is 6.01. The number of hydrogen-bond donors (Lipinski definition) is 0. The van der Waals surface area contributed by atoms with Crippen LogP contribution in [0.1, 0.15) is 6.92 Å². The van der Waals surface area contributed by atoms with Crippen molar-refractivity contribution in [3.05, 3.63) is 91.0 Å². The molecule has 0 saturated carbocycles. The van der Waals surface area contributed by atoms with Gasteiger partial charge in [-0.15, -0.1) is 0 Å². The standard InChI is InChI=1S/C20H18F2P.BF4/c1-20(21,22)23(17-11-5-2-6-12-17,18-13-7-3-8-14-18)19-15-9-4-10-16-19;2-1(3,4)5/h2-16H,1H3;/q+1;-1. The van der Waals surface area contributed by atoms with E-state index < -0.39 is 20.2 Å². The van der Waals surface area contributed by atoms with Crippen LogP contribution in [0.5, 0.6) is 0 Å².